The van der Waals surface area contributed by atoms with Crippen LogP contribution in [0.5, 0.6) is 0 Å². The molecule has 0 radical (unpaired) electrons. The van der Waals surface area contributed by atoms with Crippen LogP contribution >= 0.6 is 11.6 Å². The minimum absolute atomic E-state index is 0.0660. The molecule has 140 valence electrons. The van der Waals surface area contributed by atoms with Gasteiger partial charge >= 0.3 is 0 Å². The number of nitrogens with one attached hydrogen (secondary N) is 1. The quantitative estimate of drug-likeness (QED) is 0.520. The van der Waals surface area contributed by atoms with Gasteiger partial charge in [-0.25, -0.2) is 0 Å². The average molecular weight is 393 g/mol. The van der Waals surface area contributed by atoms with E-state index in [1.807, 2.05) is 48.5 Å². The van der Waals surface area contributed by atoms with Gasteiger partial charge in [-0.05, 0) is 34.5 Å². The van der Waals surface area contributed by atoms with Crippen LogP contribution in [0.15, 0.2) is 77.3 Å². The zero-order chi connectivity index (χ0) is 19.5. The molecule has 4 rings (SSSR count). The van der Waals surface area contributed by atoms with Crippen molar-refractivity contribution in [3.05, 3.63) is 89.1 Å². The number of hydrogen-bond acceptors (Lipinski definition) is 4. The summed E-state index contributed by atoms with van der Waals surface area (Å²) in [5, 5.41) is 19.6. The lowest BCUT2D eigenvalue weighted by molar-refractivity contribution is 0.0907. The van der Waals surface area contributed by atoms with E-state index >= 15 is 0 Å². The number of hydrogen-bond donors (Lipinski definition) is 2. The van der Waals surface area contributed by atoms with Crippen LogP contribution in [0.1, 0.15) is 22.2 Å². The van der Waals surface area contributed by atoms with Crippen molar-refractivity contribution in [1.82, 2.24) is 10.5 Å². The van der Waals surface area contributed by atoms with Gasteiger partial charge in [-0.15, -0.1) is 0 Å². The molecule has 0 aliphatic rings. The summed E-state index contributed by atoms with van der Waals surface area (Å²) < 4.78 is 5.23. The minimum Gasteiger partial charge on any atom is -0.387 e. The Kier molecular flexibility index (Phi) is 5.10. The molecule has 3 aromatic carbocycles. The van der Waals surface area contributed by atoms with Crippen molar-refractivity contribution in [2.45, 2.75) is 6.10 Å². The normalized spacial score (nSPS) is 12.1. The zero-order valence-corrected chi connectivity index (χ0v) is 15.6. The summed E-state index contributed by atoms with van der Waals surface area (Å²) in [6, 6.07) is 22.3. The van der Waals surface area contributed by atoms with Crippen LogP contribution in [0, 0.1) is 0 Å². The molecule has 5 nitrogen and oxygen atoms in total. The number of aliphatic hydroxyl groups is 1. The third kappa shape index (κ3) is 3.91. The Labute approximate surface area is 166 Å². The third-order valence-electron chi connectivity index (χ3n) is 4.47. The molecule has 0 fully saturated rings. The largest absolute Gasteiger partial charge is 0.387 e. The number of fused-ring (bicyclic) bond motifs is 1. The van der Waals surface area contributed by atoms with Gasteiger partial charge in [0, 0.05) is 23.2 Å². The fraction of sp³-hybridized carbons (Fsp3) is 0.0909. The van der Waals surface area contributed by atoms with Crippen molar-refractivity contribution in [1.29, 1.82) is 0 Å². The molecule has 0 aliphatic carbocycles. The van der Waals surface area contributed by atoms with E-state index in [1.54, 1.807) is 24.3 Å². The minimum atomic E-state index is -0.826. The van der Waals surface area contributed by atoms with Crippen molar-refractivity contribution in [2.24, 2.45) is 0 Å². The monoisotopic (exact) mass is 392 g/mol. The summed E-state index contributed by atoms with van der Waals surface area (Å²) in [5.74, 6) is 0.0274. The van der Waals surface area contributed by atoms with Crippen molar-refractivity contribution in [3.8, 4) is 11.3 Å². The van der Waals surface area contributed by atoms with Crippen LogP contribution in [0.4, 0.5) is 0 Å². The van der Waals surface area contributed by atoms with Gasteiger partial charge in [0.1, 0.15) is 0 Å². The lowest BCUT2D eigenvalue weighted by Crippen LogP contribution is -2.28. The SMILES string of the molecule is O=C(NC[C@@H](O)c1ccc2ccccc2c1)c1cc(-c2cccc(Cl)c2)on1. The highest BCUT2D eigenvalue weighted by atomic mass is 35.5. The molecule has 0 unspecified atom stereocenters. The predicted octanol–water partition coefficient (Wildman–Crippen LogP) is 4.61. The van der Waals surface area contributed by atoms with E-state index in [-0.39, 0.29) is 12.2 Å². The van der Waals surface area contributed by atoms with Gasteiger partial charge in [0.25, 0.3) is 5.91 Å². The number of carbonyl (C=O) groups excluding carboxylic acids is 1. The van der Waals surface area contributed by atoms with E-state index in [4.69, 9.17) is 16.1 Å². The molecular weight excluding hydrogens is 376 g/mol. The van der Waals surface area contributed by atoms with Crippen LogP contribution in [0.3, 0.4) is 0 Å². The highest BCUT2D eigenvalue weighted by Crippen LogP contribution is 2.24. The van der Waals surface area contributed by atoms with Crippen molar-refractivity contribution < 1.29 is 14.4 Å². The summed E-state index contributed by atoms with van der Waals surface area (Å²) in [6.45, 7) is 0.0660. The lowest BCUT2D eigenvalue weighted by Gasteiger charge is -2.12. The number of aliphatic hydroxyl groups excluding tert-OH is 1. The van der Waals surface area contributed by atoms with Crippen LogP contribution < -0.4 is 5.32 Å². The Morgan fingerprint density at radius 2 is 1.86 bits per heavy atom. The van der Waals surface area contributed by atoms with E-state index in [9.17, 15) is 9.90 Å². The van der Waals surface area contributed by atoms with Gasteiger partial charge in [0.2, 0.25) is 0 Å². The van der Waals surface area contributed by atoms with Gasteiger partial charge in [-0.2, -0.15) is 0 Å². The van der Waals surface area contributed by atoms with E-state index in [0.717, 1.165) is 21.9 Å². The van der Waals surface area contributed by atoms with E-state index in [1.165, 1.54) is 0 Å². The molecule has 0 saturated carbocycles. The first-order valence-electron chi connectivity index (χ1n) is 8.78. The molecular formula is C22H17ClN2O3. The molecule has 1 heterocycles. The molecule has 0 aliphatic heterocycles. The number of amides is 1. The van der Waals surface area contributed by atoms with Crippen molar-refractivity contribution >= 4 is 28.3 Å². The molecule has 0 saturated heterocycles. The van der Waals surface area contributed by atoms with Gasteiger partial charge in [-0.3, -0.25) is 4.79 Å². The summed E-state index contributed by atoms with van der Waals surface area (Å²) in [5.41, 5.74) is 1.61. The summed E-state index contributed by atoms with van der Waals surface area (Å²) in [7, 11) is 0. The number of nitrogens with zero attached hydrogens (tertiary/aromatic N) is 1. The molecule has 4 aromatic rings. The molecule has 6 heteroatoms. The number of benzene rings is 3. The van der Waals surface area contributed by atoms with Gasteiger partial charge in [0.05, 0.1) is 6.10 Å². The summed E-state index contributed by atoms with van der Waals surface area (Å²) >= 11 is 5.97. The standard InChI is InChI=1S/C22H17ClN2O3/c23-18-7-3-6-17(11-18)21-12-19(25-28-21)22(27)24-13-20(26)16-9-8-14-4-1-2-5-15(14)10-16/h1-12,20,26H,13H2,(H,24,27)/t20-/m1/s1. The zero-order valence-electron chi connectivity index (χ0n) is 14.8. The smallest absolute Gasteiger partial charge is 0.273 e. The molecule has 0 spiro atoms. The maximum Gasteiger partial charge on any atom is 0.273 e. The molecule has 1 atom stereocenters. The topological polar surface area (TPSA) is 75.4 Å². The van der Waals surface area contributed by atoms with E-state index in [0.29, 0.717) is 10.8 Å². The first-order chi connectivity index (χ1) is 13.6. The Balaban J connectivity index is 1.42. The Morgan fingerprint density at radius 1 is 1.04 bits per heavy atom. The summed E-state index contributed by atoms with van der Waals surface area (Å²) in [6.07, 6.45) is -0.826. The second kappa shape index (κ2) is 7.84. The number of aromatic nitrogens is 1. The van der Waals surface area contributed by atoms with Gasteiger partial charge in [-0.1, -0.05) is 65.3 Å². The predicted molar refractivity (Wildman–Crippen MR) is 108 cm³/mol. The second-order valence-electron chi connectivity index (χ2n) is 6.42. The Hall–Kier alpha value is -3.15. The molecule has 1 amide bonds. The van der Waals surface area contributed by atoms with Crippen LogP contribution in [0.25, 0.3) is 22.1 Å². The highest BCUT2D eigenvalue weighted by molar-refractivity contribution is 6.30. The number of rotatable bonds is 5. The first-order valence-corrected chi connectivity index (χ1v) is 9.15. The maximum absolute atomic E-state index is 12.3. The van der Waals surface area contributed by atoms with Crippen LogP contribution in [-0.2, 0) is 0 Å². The summed E-state index contributed by atoms with van der Waals surface area (Å²) in [4.78, 5) is 12.3. The molecule has 28 heavy (non-hydrogen) atoms. The Morgan fingerprint density at radius 3 is 2.68 bits per heavy atom. The Bertz CT molecular complexity index is 1140. The number of halogens is 1. The fourth-order valence-electron chi connectivity index (χ4n) is 2.97. The van der Waals surface area contributed by atoms with E-state index < -0.39 is 12.0 Å². The fourth-order valence-corrected chi connectivity index (χ4v) is 3.16. The molecule has 1 aromatic heterocycles. The maximum atomic E-state index is 12.3. The van der Waals surface area contributed by atoms with Gasteiger partial charge in [0.15, 0.2) is 11.5 Å². The van der Waals surface area contributed by atoms with Crippen molar-refractivity contribution in [3.63, 3.8) is 0 Å². The van der Waals surface area contributed by atoms with Gasteiger partial charge < -0.3 is 14.9 Å². The average Bonchev–Trinajstić information content (AvgIpc) is 3.22. The number of carbonyl (C=O) groups is 1. The highest BCUT2D eigenvalue weighted by Gasteiger charge is 2.16. The molecule has 2 N–H and O–H groups in total. The van der Waals surface area contributed by atoms with Crippen LogP contribution in [-0.4, -0.2) is 22.7 Å². The second-order valence-corrected chi connectivity index (χ2v) is 6.86. The third-order valence-corrected chi connectivity index (χ3v) is 4.70. The molecule has 0 bridgehead atoms. The van der Waals surface area contributed by atoms with E-state index in [2.05, 4.69) is 10.5 Å². The van der Waals surface area contributed by atoms with Crippen molar-refractivity contribution in [2.75, 3.05) is 6.54 Å². The first kappa shape index (κ1) is 18.2. The lowest BCUT2D eigenvalue weighted by atomic mass is 10.0. The van der Waals surface area contributed by atoms with Crippen LogP contribution in [0.2, 0.25) is 5.02 Å².